The van der Waals surface area contributed by atoms with Crippen molar-refractivity contribution in [3.8, 4) is 11.5 Å². The molecule has 0 amide bonds. The van der Waals surface area contributed by atoms with E-state index in [0.717, 1.165) is 45.4 Å². The number of pyridine rings is 1. The lowest BCUT2D eigenvalue weighted by Gasteiger charge is -2.37. The van der Waals surface area contributed by atoms with Crippen LogP contribution in [0.1, 0.15) is 48.3 Å². The zero-order valence-electron chi connectivity index (χ0n) is 19.5. The number of fused-ring (bicyclic) bond motifs is 3. The number of nitrogens with zero attached hydrogens (tertiary/aromatic N) is 1. The van der Waals surface area contributed by atoms with Crippen LogP contribution in [0.25, 0.3) is 10.9 Å². The van der Waals surface area contributed by atoms with Gasteiger partial charge in [-0.25, -0.2) is 0 Å². The Labute approximate surface area is 204 Å². The van der Waals surface area contributed by atoms with E-state index in [2.05, 4.69) is 34.6 Å². The van der Waals surface area contributed by atoms with E-state index >= 15 is 0 Å². The van der Waals surface area contributed by atoms with Crippen LogP contribution in [-0.2, 0) is 4.79 Å². The molecule has 0 saturated heterocycles. The van der Waals surface area contributed by atoms with Gasteiger partial charge in [0.2, 0.25) is 0 Å². The minimum absolute atomic E-state index is 0.0951. The van der Waals surface area contributed by atoms with Crippen molar-refractivity contribution >= 4 is 22.4 Å². The second-order valence-electron chi connectivity index (χ2n) is 9.15. The molecule has 4 aromatic rings. The van der Waals surface area contributed by atoms with Gasteiger partial charge in [0.25, 0.3) is 0 Å². The fourth-order valence-electron chi connectivity index (χ4n) is 5.56. The Hall–Kier alpha value is -4.12. The molecule has 6 rings (SSSR count). The highest BCUT2D eigenvalue weighted by Gasteiger charge is 2.39. The Morgan fingerprint density at radius 3 is 2.69 bits per heavy atom. The number of rotatable bonds is 4. The lowest BCUT2D eigenvalue weighted by Crippen LogP contribution is -2.30. The minimum atomic E-state index is -0.279. The number of phenols is 1. The molecule has 1 aliphatic carbocycles. The van der Waals surface area contributed by atoms with Crippen molar-refractivity contribution in [2.45, 2.75) is 31.6 Å². The number of anilines is 1. The molecule has 0 fully saturated rings. The molecule has 0 radical (unpaired) electrons. The third-order valence-corrected chi connectivity index (χ3v) is 7.09. The highest BCUT2D eigenvalue weighted by atomic mass is 16.5. The molecule has 0 unspecified atom stereocenters. The van der Waals surface area contributed by atoms with Crippen molar-refractivity contribution in [1.82, 2.24) is 4.98 Å². The number of aromatic hydroxyl groups is 1. The quantitative estimate of drug-likeness (QED) is 0.373. The summed E-state index contributed by atoms with van der Waals surface area (Å²) in [7, 11) is 0. The number of ether oxygens (including phenoxy) is 1. The van der Waals surface area contributed by atoms with Gasteiger partial charge in [-0.1, -0.05) is 42.5 Å². The van der Waals surface area contributed by atoms with E-state index in [9.17, 15) is 9.90 Å². The number of Topliss-reactive ketones (excluding diaryl/α,β-unsaturated/α-hetero) is 1. The van der Waals surface area contributed by atoms with Gasteiger partial charge in [0.15, 0.2) is 17.3 Å². The fraction of sp³-hybridized carbons (Fsp3) is 0.200. The summed E-state index contributed by atoms with van der Waals surface area (Å²) in [6.45, 7) is 2.33. The van der Waals surface area contributed by atoms with Crippen molar-refractivity contribution in [3.05, 3.63) is 107 Å². The molecule has 1 aliphatic heterocycles. The highest BCUT2D eigenvalue weighted by molar-refractivity contribution is 6.04. The first-order valence-electron chi connectivity index (χ1n) is 12.1. The lowest BCUT2D eigenvalue weighted by atomic mass is 9.71. The van der Waals surface area contributed by atoms with E-state index in [4.69, 9.17) is 4.74 Å². The van der Waals surface area contributed by atoms with Crippen LogP contribution in [0.4, 0.5) is 5.69 Å². The molecule has 0 spiro atoms. The van der Waals surface area contributed by atoms with Gasteiger partial charge in [-0.2, -0.15) is 0 Å². The standard InChI is InChI=1S/C30H26N2O3/c1-2-35-27-17-19(10-13-25(27)33)28-29-21-9-6-14-31-22(21)11-12-23(29)32-24-15-20(16-26(34)30(24)28)18-7-4-3-5-8-18/h3-14,17,20,28,32-33H,2,15-16H2,1H3/t20-,28-/m0/s1. The van der Waals surface area contributed by atoms with E-state index in [1.165, 1.54) is 5.56 Å². The zero-order chi connectivity index (χ0) is 23.9. The summed E-state index contributed by atoms with van der Waals surface area (Å²) in [6.07, 6.45) is 3.02. The topological polar surface area (TPSA) is 71.5 Å². The largest absolute Gasteiger partial charge is 0.504 e. The summed E-state index contributed by atoms with van der Waals surface area (Å²) in [5.74, 6) is 0.528. The molecule has 0 bridgehead atoms. The van der Waals surface area contributed by atoms with E-state index in [0.29, 0.717) is 18.8 Å². The van der Waals surface area contributed by atoms with Gasteiger partial charge in [-0.3, -0.25) is 9.78 Å². The minimum Gasteiger partial charge on any atom is -0.504 e. The van der Waals surface area contributed by atoms with Crippen molar-refractivity contribution in [1.29, 1.82) is 0 Å². The zero-order valence-corrected chi connectivity index (χ0v) is 19.5. The fourth-order valence-corrected chi connectivity index (χ4v) is 5.56. The van der Waals surface area contributed by atoms with Gasteiger partial charge < -0.3 is 15.2 Å². The number of benzene rings is 3. The Morgan fingerprint density at radius 1 is 1.00 bits per heavy atom. The molecule has 174 valence electrons. The Morgan fingerprint density at radius 2 is 1.86 bits per heavy atom. The maximum Gasteiger partial charge on any atom is 0.162 e. The second kappa shape index (κ2) is 8.58. The second-order valence-corrected chi connectivity index (χ2v) is 9.15. The Bertz CT molecular complexity index is 1480. The Balaban J connectivity index is 1.56. The van der Waals surface area contributed by atoms with Crippen LogP contribution >= 0.6 is 0 Å². The van der Waals surface area contributed by atoms with Crippen molar-refractivity contribution in [3.63, 3.8) is 0 Å². The molecule has 1 aromatic heterocycles. The monoisotopic (exact) mass is 462 g/mol. The summed E-state index contributed by atoms with van der Waals surface area (Å²) >= 11 is 0. The van der Waals surface area contributed by atoms with E-state index in [1.807, 2.05) is 49.4 Å². The number of hydrogen-bond acceptors (Lipinski definition) is 5. The molecular weight excluding hydrogens is 436 g/mol. The molecule has 35 heavy (non-hydrogen) atoms. The average molecular weight is 463 g/mol. The van der Waals surface area contributed by atoms with Crippen molar-refractivity contribution in [2.75, 3.05) is 11.9 Å². The van der Waals surface area contributed by atoms with E-state index in [1.54, 1.807) is 12.3 Å². The molecule has 2 N–H and O–H groups in total. The first-order chi connectivity index (χ1) is 17.1. The third-order valence-electron chi connectivity index (χ3n) is 7.09. The number of carbonyl (C=O) groups is 1. The van der Waals surface area contributed by atoms with Crippen LogP contribution in [0.3, 0.4) is 0 Å². The maximum atomic E-state index is 13.8. The van der Waals surface area contributed by atoms with Crippen LogP contribution in [0.15, 0.2) is 90.3 Å². The number of hydrogen-bond donors (Lipinski definition) is 2. The molecule has 0 saturated carbocycles. The van der Waals surface area contributed by atoms with Gasteiger partial charge in [0.05, 0.1) is 12.1 Å². The van der Waals surface area contributed by atoms with Gasteiger partial charge in [0, 0.05) is 40.9 Å². The van der Waals surface area contributed by atoms with Gasteiger partial charge in [-0.15, -0.1) is 0 Å². The van der Waals surface area contributed by atoms with Gasteiger partial charge in [-0.05, 0) is 66.3 Å². The number of aromatic nitrogens is 1. The average Bonchev–Trinajstić information content (AvgIpc) is 2.89. The summed E-state index contributed by atoms with van der Waals surface area (Å²) in [4.78, 5) is 18.4. The smallest absolute Gasteiger partial charge is 0.162 e. The molecule has 2 heterocycles. The van der Waals surface area contributed by atoms with Crippen molar-refractivity contribution in [2.24, 2.45) is 0 Å². The molecular formula is C30H26N2O3. The van der Waals surface area contributed by atoms with Gasteiger partial charge >= 0.3 is 0 Å². The normalized spacial score (nSPS) is 19.2. The van der Waals surface area contributed by atoms with Crippen LogP contribution in [0.5, 0.6) is 11.5 Å². The highest BCUT2D eigenvalue weighted by Crippen LogP contribution is 2.50. The molecule has 5 nitrogen and oxygen atoms in total. The SMILES string of the molecule is CCOc1cc([C@@H]2C3=C(C[C@H](c4ccccc4)CC3=O)Nc3ccc4ncccc4c32)ccc1O. The lowest BCUT2D eigenvalue weighted by molar-refractivity contribution is -0.116. The Kier molecular flexibility index (Phi) is 5.25. The van der Waals surface area contributed by atoms with Crippen LogP contribution in [-0.4, -0.2) is 22.5 Å². The summed E-state index contributed by atoms with van der Waals surface area (Å²) < 4.78 is 5.70. The summed E-state index contributed by atoms with van der Waals surface area (Å²) in [5, 5.41) is 15.0. The van der Waals surface area contributed by atoms with Crippen LogP contribution in [0.2, 0.25) is 0 Å². The van der Waals surface area contributed by atoms with Crippen LogP contribution in [0, 0.1) is 0 Å². The number of allylic oxidation sites excluding steroid dienone is 2. The van der Waals surface area contributed by atoms with Crippen molar-refractivity contribution < 1.29 is 14.6 Å². The number of carbonyl (C=O) groups excluding carboxylic acids is 1. The van der Waals surface area contributed by atoms with Gasteiger partial charge in [0.1, 0.15) is 0 Å². The summed E-state index contributed by atoms with van der Waals surface area (Å²) in [5.41, 5.74) is 6.79. The molecule has 2 atom stereocenters. The van der Waals surface area contributed by atoms with Crippen LogP contribution < -0.4 is 10.1 Å². The maximum absolute atomic E-state index is 13.8. The first kappa shape index (κ1) is 21.4. The first-order valence-corrected chi connectivity index (χ1v) is 12.1. The third kappa shape index (κ3) is 3.64. The number of phenolic OH excluding ortho intramolecular Hbond substituents is 1. The van der Waals surface area contributed by atoms with E-state index in [-0.39, 0.29) is 23.4 Å². The molecule has 2 aliphatic rings. The number of ketones is 1. The van der Waals surface area contributed by atoms with E-state index < -0.39 is 0 Å². The molecule has 5 heteroatoms. The molecule has 3 aromatic carbocycles. The summed E-state index contributed by atoms with van der Waals surface area (Å²) in [6, 6.07) is 23.8. The number of nitrogens with one attached hydrogen (secondary N) is 1. The predicted molar refractivity (Wildman–Crippen MR) is 137 cm³/mol. The predicted octanol–water partition coefficient (Wildman–Crippen LogP) is 6.30.